The molecular weight excluding hydrogens is 386 g/mol. The Kier molecular flexibility index (Phi) is 9.98. The number of amides is 1. The summed E-state index contributed by atoms with van der Waals surface area (Å²) in [7, 11) is 0. The molecule has 2 N–H and O–H groups in total. The summed E-state index contributed by atoms with van der Waals surface area (Å²) in [6.45, 7) is 11.1. The van der Waals surface area contributed by atoms with E-state index in [0.29, 0.717) is 17.3 Å². The average Bonchev–Trinajstić information content (AvgIpc) is 2.72. The molecule has 0 fully saturated rings. The highest BCUT2D eigenvalue weighted by atomic mass is 35.5. The molecule has 1 amide bonds. The minimum absolute atomic E-state index is 0.0511. The van der Waals surface area contributed by atoms with E-state index >= 15 is 0 Å². The van der Waals surface area contributed by atoms with Crippen LogP contribution >= 0.6 is 11.6 Å². The van der Waals surface area contributed by atoms with E-state index in [0.717, 1.165) is 49.4 Å². The van der Waals surface area contributed by atoms with Crippen molar-refractivity contribution in [3.8, 4) is 5.75 Å². The van der Waals surface area contributed by atoms with Gasteiger partial charge < -0.3 is 20.3 Å². The minimum atomic E-state index is -0.193. The molecule has 0 saturated heterocycles. The molecule has 158 valence electrons. The fourth-order valence-electron chi connectivity index (χ4n) is 2.99. The van der Waals surface area contributed by atoms with Gasteiger partial charge in [0.2, 0.25) is 0 Å². The van der Waals surface area contributed by atoms with E-state index in [4.69, 9.17) is 16.3 Å². The zero-order valence-corrected chi connectivity index (χ0v) is 18.4. The summed E-state index contributed by atoms with van der Waals surface area (Å²) < 4.78 is 5.76. The van der Waals surface area contributed by atoms with Gasteiger partial charge in [-0.1, -0.05) is 43.1 Å². The summed E-state index contributed by atoms with van der Waals surface area (Å²) in [5.41, 5.74) is 2.86. The molecule has 29 heavy (non-hydrogen) atoms. The number of anilines is 1. The molecule has 0 unspecified atom stereocenters. The van der Waals surface area contributed by atoms with Crippen LogP contribution < -0.4 is 15.4 Å². The van der Waals surface area contributed by atoms with E-state index in [1.807, 2.05) is 43.3 Å². The lowest BCUT2D eigenvalue weighted by atomic mass is 10.2. The Balaban J connectivity index is 1.82. The lowest BCUT2D eigenvalue weighted by Gasteiger charge is -2.18. The zero-order chi connectivity index (χ0) is 21.1. The minimum Gasteiger partial charge on any atom is -0.483 e. The predicted molar refractivity (Wildman–Crippen MR) is 121 cm³/mol. The molecule has 0 radical (unpaired) electrons. The Morgan fingerprint density at radius 3 is 2.52 bits per heavy atom. The van der Waals surface area contributed by atoms with Gasteiger partial charge in [-0.25, -0.2) is 0 Å². The lowest BCUT2D eigenvalue weighted by Crippen LogP contribution is -2.27. The molecule has 5 nitrogen and oxygen atoms in total. The Bertz CT molecular complexity index is 761. The summed E-state index contributed by atoms with van der Waals surface area (Å²) in [5.74, 6) is 0.478. The van der Waals surface area contributed by atoms with Gasteiger partial charge in [0.15, 0.2) is 6.61 Å². The van der Waals surface area contributed by atoms with Gasteiger partial charge in [-0.3, -0.25) is 4.79 Å². The number of hydrogen-bond donors (Lipinski definition) is 2. The van der Waals surface area contributed by atoms with Gasteiger partial charge in [0.1, 0.15) is 5.75 Å². The topological polar surface area (TPSA) is 53.6 Å². The molecule has 0 spiro atoms. The second-order valence-corrected chi connectivity index (χ2v) is 7.45. The number of benzene rings is 2. The molecule has 6 heteroatoms. The second kappa shape index (κ2) is 12.5. The summed E-state index contributed by atoms with van der Waals surface area (Å²) in [6, 6.07) is 13.1. The third kappa shape index (κ3) is 8.44. The number of hydrogen-bond acceptors (Lipinski definition) is 4. The Hall–Kier alpha value is -2.08. The smallest absolute Gasteiger partial charge is 0.262 e. The molecule has 0 bridgehead atoms. The van der Waals surface area contributed by atoms with Crippen molar-refractivity contribution in [1.82, 2.24) is 10.2 Å². The Morgan fingerprint density at radius 2 is 1.83 bits per heavy atom. The first-order chi connectivity index (χ1) is 14.0. The maximum Gasteiger partial charge on any atom is 0.262 e. The van der Waals surface area contributed by atoms with E-state index in [9.17, 15) is 4.79 Å². The normalized spacial score (nSPS) is 10.9. The molecule has 2 aromatic carbocycles. The van der Waals surface area contributed by atoms with Crippen molar-refractivity contribution < 1.29 is 9.53 Å². The number of ether oxygens (including phenoxy) is 1. The molecule has 0 aliphatic heterocycles. The van der Waals surface area contributed by atoms with Gasteiger partial charge in [0.05, 0.1) is 0 Å². The predicted octanol–water partition coefficient (Wildman–Crippen LogP) is 4.49. The van der Waals surface area contributed by atoms with E-state index < -0.39 is 0 Å². The van der Waals surface area contributed by atoms with Crippen LogP contribution in [0.1, 0.15) is 31.4 Å². The van der Waals surface area contributed by atoms with Gasteiger partial charge in [-0.2, -0.15) is 0 Å². The molecule has 0 heterocycles. The molecule has 0 aliphatic rings. The number of carbonyl (C=O) groups is 1. The average molecular weight is 418 g/mol. The highest BCUT2D eigenvalue weighted by molar-refractivity contribution is 6.30. The van der Waals surface area contributed by atoms with Crippen LogP contribution in [0.3, 0.4) is 0 Å². The van der Waals surface area contributed by atoms with Crippen molar-refractivity contribution in [3.05, 3.63) is 58.6 Å². The molecule has 0 atom stereocenters. The van der Waals surface area contributed by atoms with Gasteiger partial charge in [-0.15, -0.1) is 0 Å². The summed E-state index contributed by atoms with van der Waals surface area (Å²) in [5, 5.41) is 6.94. The quantitative estimate of drug-likeness (QED) is 0.499. The van der Waals surface area contributed by atoms with Crippen LogP contribution in [0, 0.1) is 6.92 Å². The number of rotatable bonds is 12. The second-order valence-electron chi connectivity index (χ2n) is 7.01. The highest BCUT2D eigenvalue weighted by Crippen LogP contribution is 2.23. The van der Waals surface area contributed by atoms with Gasteiger partial charge in [0, 0.05) is 22.8 Å². The van der Waals surface area contributed by atoms with Crippen molar-refractivity contribution in [2.24, 2.45) is 0 Å². The highest BCUT2D eigenvalue weighted by Gasteiger charge is 2.09. The molecule has 0 saturated carbocycles. The van der Waals surface area contributed by atoms with Crippen LogP contribution in [-0.4, -0.2) is 43.6 Å². The maximum atomic E-state index is 12.2. The van der Waals surface area contributed by atoms with Crippen LogP contribution in [0.25, 0.3) is 0 Å². The Labute approximate surface area is 179 Å². The number of halogens is 1. The van der Waals surface area contributed by atoms with Crippen molar-refractivity contribution in [3.63, 3.8) is 0 Å². The third-order valence-corrected chi connectivity index (χ3v) is 4.99. The van der Waals surface area contributed by atoms with Crippen LogP contribution in [0.4, 0.5) is 5.69 Å². The van der Waals surface area contributed by atoms with Crippen LogP contribution in [-0.2, 0) is 11.3 Å². The van der Waals surface area contributed by atoms with E-state index in [2.05, 4.69) is 29.4 Å². The van der Waals surface area contributed by atoms with Gasteiger partial charge in [-0.05, 0) is 69.9 Å². The third-order valence-electron chi connectivity index (χ3n) is 4.75. The standard InChI is InChI=1S/C23H32ClN3O2/c1-4-27(5-2)14-6-13-25-16-19-15-20(24)9-12-22(19)29-17-23(28)26-21-10-7-18(3)8-11-21/h7-12,15,25H,4-6,13-14,16-17H2,1-3H3,(H,26,28). The Morgan fingerprint density at radius 1 is 1.10 bits per heavy atom. The monoisotopic (exact) mass is 417 g/mol. The molecular formula is C23H32ClN3O2. The molecule has 2 aromatic rings. The number of nitrogens with one attached hydrogen (secondary N) is 2. The van der Waals surface area contributed by atoms with Crippen LogP contribution in [0.2, 0.25) is 5.02 Å². The van der Waals surface area contributed by atoms with Gasteiger partial charge in [0.25, 0.3) is 5.91 Å². The van der Waals surface area contributed by atoms with E-state index in [1.165, 1.54) is 0 Å². The van der Waals surface area contributed by atoms with Crippen molar-refractivity contribution >= 4 is 23.2 Å². The van der Waals surface area contributed by atoms with Crippen molar-refractivity contribution in [2.45, 2.75) is 33.7 Å². The largest absolute Gasteiger partial charge is 0.483 e. The zero-order valence-electron chi connectivity index (χ0n) is 17.6. The summed E-state index contributed by atoms with van der Waals surface area (Å²) >= 11 is 6.15. The first-order valence-electron chi connectivity index (χ1n) is 10.2. The number of aryl methyl sites for hydroxylation is 1. The van der Waals surface area contributed by atoms with E-state index in [-0.39, 0.29) is 12.5 Å². The first-order valence-corrected chi connectivity index (χ1v) is 10.6. The fourth-order valence-corrected chi connectivity index (χ4v) is 3.19. The number of nitrogens with zero attached hydrogens (tertiary/aromatic N) is 1. The van der Waals surface area contributed by atoms with Gasteiger partial charge >= 0.3 is 0 Å². The van der Waals surface area contributed by atoms with Crippen LogP contribution in [0.15, 0.2) is 42.5 Å². The first kappa shape index (κ1) is 23.2. The van der Waals surface area contributed by atoms with Crippen molar-refractivity contribution in [2.75, 3.05) is 38.1 Å². The number of carbonyl (C=O) groups excluding carboxylic acids is 1. The van der Waals surface area contributed by atoms with Crippen LogP contribution in [0.5, 0.6) is 5.75 Å². The molecule has 2 rings (SSSR count). The summed E-state index contributed by atoms with van der Waals surface area (Å²) in [6.07, 6.45) is 1.08. The summed E-state index contributed by atoms with van der Waals surface area (Å²) in [4.78, 5) is 14.6. The fraction of sp³-hybridized carbons (Fsp3) is 0.435. The van der Waals surface area contributed by atoms with E-state index in [1.54, 1.807) is 6.07 Å². The molecule has 0 aromatic heterocycles. The molecule has 0 aliphatic carbocycles. The lowest BCUT2D eigenvalue weighted by molar-refractivity contribution is -0.118. The maximum absolute atomic E-state index is 12.2. The van der Waals surface area contributed by atoms with Crippen molar-refractivity contribution in [1.29, 1.82) is 0 Å². The SMILES string of the molecule is CCN(CC)CCCNCc1cc(Cl)ccc1OCC(=O)Nc1ccc(C)cc1.